The number of fused-ring (bicyclic) bond motifs is 6. The zero-order valence-corrected chi connectivity index (χ0v) is 31.8. The molecule has 0 heterocycles. The van der Waals surface area contributed by atoms with E-state index in [0.717, 1.165) is 17.1 Å². The monoisotopic (exact) mass is 705 g/mol. The van der Waals surface area contributed by atoms with Gasteiger partial charge in [-0.3, -0.25) is 0 Å². The minimum Gasteiger partial charge on any atom is -0.310 e. The van der Waals surface area contributed by atoms with Gasteiger partial charge in [-0.05, 0) is 114 Å². The van der Waals surface area contributed by atoms with Gasteiger partial charge in [-0.1, -0.05) is 179 Å². The van der Waals surface area contributed by atoms with Crippen molar-refractivity contribution >= 4 is 17.1 Å². The molecule has 55 heavy (non-hydrogen) atoms. The van der Waals surface area contributed by atoms with Crippen LogP contribution in [-0.4, -0.2) is 0 Å². The highest BCUT2D eigenvalue weighted by molar-refractivity contribution is 5.92. The first-order valence-electron chi connectivity index (χ1n) is 19.4. The molecule has 2 aliphatic carbocycles. The Kier molecular flexibility index (Phi) is 7.58. The summed E-state index contributed by atoms with van der Waals surface area (Å²) in [6, 6.07) is 69.6. The van der Waals surface area contributed by atoms with E-state index in [2.05, 4.69) is 221 Å². The fraction of sp³-hybridized carbons (Fsp3) is 0.111. The van der Waals surface area contributed by atoms with Crippen LogP contribution < -0.4 is 4.90 Å². The highest BCUT2D eigenvalue weighted by Crippen LogP contribution is 2.53. The maximum Gasteiger partial charge on any atom is 0.0468 e. The Morgan fingerprint density at radius 2 is 0.636 bits per heavy atom. The van der Waals surface area contributed by atoms with Crippen molar-refractivity contribution in [3.8, 4) is 55.6 Å². The first-order valence-corrected chi connectivity index (χ1v) is 19.4. The lowest BCUT2D eigenvalue weighted by Gasteiger charge is -2.30. The lowest BCUT2D eigenvalue weighted by atomic mass is 9.82. The van der Waals surface area contributed by atoms with Crippen molar-refractivity contribution in [3.63, 3.8) is 0 Å². The molecule has 0 unspecified atom stereocenters. The number of anilines is 3. The molecule has 0 bridgehead atoms. The van der Waals surface area contributed by atoms with Gasteiger partial charge < -0.3 is 4.90 Å². The third-order valence-electron chi connectivity index (χ3n) is 12.3. The maximum atomic E-state index is 2.48. The van der Waals surface area contributed by atoms with Crippen LogP contribution in [0.3, 0.4) is 0 Å². The molecular formula is C54H43N. The summed E-state index contributed by atoms with van der Waals surface area (Å²) in [6.45, 7) is 9.47. The summed E-state index contributed by atoms with van der Waals surface area (Å²) in [5.74, 6) is 0. The Balaban J connectivity index is 1.18. The summed E-state index contributed by atoms with van der Waals surface area (Å²) < 4.78 is 0. The molecule has 0 spiro atoms. The van der Waals surface area contributed by atoms with E-state index in [9.17, 15) is 0 Å². The standard InChI is InChI=1S/C54H43N/c1-53(2)49-21-13-11-19-44(49)46-31-28-41(34-51(46)53)55(42-29-32-47-45-20-12-14-22-50(45)54(3,4)52(47)35-42)40-27-30-43(38-17-9-6-10-18-38)48(33-40)39-25-23-37(24-26-39)36-15-7-5-8-16-36/h5-35H,1-4H3. The summed E-state index contributed by atoms with van der Waals surface area (Å²) in [6.07, 6.45) is 0. The second kappa shape index (κ2) is 12.6. The molecule has 0 saturated heterocycles. The van der Waals surface area contributed by atoms with Gasteiger partial charge >= 0.3 is 0 Å². The van der Waals surface area contributed by atoms with Crippen molar-refractivity contribution in [1.29, 1.82) is 0 Å². The van der Waals surface area contributed by atoms with E-state index < -0.39 is 0 Å². The van der Waals surface area contributed by atoms with E-state index in [1.807, 2.05) is 0 Å². The predicted molar refractivity (Wildman–Crippen MR) is 233 cm³/mol. The first-order chi connectivity index (χ1) is 26.8. The lowest BCUT2D eigenvalue weighted by molar-refractivity contribution is 0.660. The van der Waals surface area contributed by atoms with Gasteiger partial charge in [0.25, 0.3) is 0 Å². The average Bonchev–Trinajstić information content (AvgIpc) is 3.60. The summed E-state index contributed by atoms with van der Waals surface area (Å²) in [7, 11) is 0. The normalized spacial score (nSPS) is 14.1. The number of hydrogen-bond donors (Lipinski definition) is 0. The molecule has 0 atom stereocenters. The molecule has 0 N–H and O–H groups in total. The molecule has 0 aliphatic heterocycles. The van der Waals surface area contributed by atoms with Crippen molar-refractivity contribution < 1.29 is 0 Å². The van der Waals surface area contributed by atoms with Gasteiger partial charge in [-0.25, -0.2) is 0 Å². The molecular weight excluding hydrogens is 663 g/mol. The number of nitrogens with zero attached hydrogens (tertiary/aromatic N) is 1. The molecule has 1 nitrogen and oxygen atoms in total. The maximum absolute atomic E-state index is 2.48. The summed E-state index contributed by atoms with van der Waals surface area (Å²) in [5.41, 5.74) is 21.3. The van der Waals surface area contributed by atoms with Crippen LogP contribution in [0.1, 0.15) is 49.9 Å². The van der Waals surface area contributed by atoms with Crippen LogP contribution in [0.5, 0.6) is 0 Å². The van der Waals surface area contributed by atoms with Gasteiger partial charge in [0.05, 0.1) is 0 Å². The van der Waals surface area contributed by atoms with Gasteiger partial charge in [0.15, 0.2) is 0 Å². The first kappa shape index (κ1) is 33.2. The summed E-state index contributed by atoms with van der Waals surface area (Å²) >= 11 is 0. The molecule has 10 rings (SSSR count). The Bertz CT molecular complexity index is 2630. The number of benzene rings is 8. The Morgan fingerprint density at radius 3 is 1.16 bits per heavy atom. The lowest BCUT2D eigenvalue weighted by Crippen LogP contribution is -2.18. The minimum absolute atomic E-state index is 0.113. The SMILES string of the molecule is CC1(C)c2ccccc2-c2ccc(N(c3ccc(-c4ccccc4)c(-c4ccc(-c5ccccc5)cc4)c3)c3ccc4c(c3)C(C)(C)c3ccccc3-4)cc21. The molecule has 0 fully saturated rings. The van der Waals surface area contributed by atoms with Crippen LogP contribution in [0.4, 0.5) is 17.1 Å². The zero-order valence-electron chi connectivity index (χ0n) is 31.8. The largest absolute Gasteiger partial charge is 0.310 e. The Labute approximate surface area is 325 Å². The molecule has 8 aromatic rings. The smallest absolute Gasteiger partial charge is 0.0468 e. The quantitative estimate of drug-likeness (QED) is 0.166. The van der Waals surface area contributed by atoms with Crippen LogP contribution in [0.2, 0.25) is 0 Å². The second-order valence-electron chi connectivity index (χ2n) is 16.2. The Hall–Kier alpha value is -6.44. The van der Waals surface area contributed by atoms with E-state index in [4.69, 9.17) is 0 Å². The van der Waals surface area contributed by atoms with Gasteiger partial charge in [0.1, 0.15) is 0 Å². The van der Waals surface area contributed by atoms with Gasteiger partial charge in [0, 0.05) is 27.9 Å². The third-order valence-corrected chi connectivity index (χ3v) is 12.3. The van der Waals surface area contributed by atoms with E-state index in [1.54, 1.807) is 0 Å². The fourth-order valence-corrected chi connectivity index (χ4v) is 9.36. The van der Waals surface area contributed by atoms with Crippen LogP contribution in [0.15, 0.2) is 188 Å². The van der Waals surface area contributed by atoms with E-state index >= 15 is 0 Å². The van der Waals surface area contributed by atoms with Gasteiger partial charge in [-0.2, -0.15) is 0 Å². The number of rotatable bonds is 6. The van der Waals surface area contributed by atoms with Crippen molar-refractivity contribution in [2.75, 3.05) is 4.90 Å². The van der Waals surface area contributed by atoms with Crippen molar-refractivity contribution in [2.24, 2.45) is 0 Å². The molecule has 0 aromatic heterocycles. The summed E-state index contributed by atoms with van der Waals surface area (Å²) in [5, 5.41) is 0. The second-order valence-corrected chi connectivity index (χ2v) is 16.2. The number of hydrogen-bond acceptors (Lipinski definition) is 1. The van der Waals surface area contributed by atoms with E-state index in [1.165, 1.54) is 77.9 Å². The van der Waals surface area contributed by atoms with Crippen LogP contribution >= 0.6 is 0 Å². The van der Waals surface area contributed by atoms with Crippen LogP contribution in [0, 0.1) is 0 Å². The highest BCUT2D eigenvalue weighted by atomic mass is 15.1. The van der Waals surface area contributed by atoms with Crippen molar-refractivity contribution in [2.45, 2.75) is 38.5 Å². The van der Waals surface area contributed by atoms with Crippen molar-refractivity contribution in [3.05, 3.63) is 210 Å². The van der Waals surface area contributed by atoms with Crippen LogP contribution in [-0.2, 0) is 10.8 Å². The van der Waals surface area contributed by atoms with E-state index in [0.29, 0.717) is 0 Å². The van der Waals surface area contributed by atoms with Gasteiger partial charge in [0.2, 0.25) is 0 Å². The Morgan fingerprint density at radius 1 is 0.273 bits per heavy atom. The summed E-state index contributed by atoms with van der Waals surface area (Å²) in [4.78, 5) is 2.48. The minimum atomic E-state index is -0.113. The molecule has 1 heteroatoms. The topological polar surface area (TPSA) is 3.24 Å². The van der Waals surface area contributed by atoms with E-state index in [-0.39, 0.29) is 10.8 Å². The van der Waals surface area contributed by atoms with Gasteiger partial charge in [-0.15, -0.1) is 0 Å². The molecule has 264 valence electrons. The average molecular weight is 706 g/mol. The fourth-order valence-electron chi connectivity index (χ4n) is 9.36. The molecule has 8 aromatic carbocycles. The third kappa shape index (κ3) is 5.29. The molecule has 2 aliphatic rings. The van der Waals surface area contributed by atoms with Crippen molar-refractivity contribution in [1.82, 2.24) is 0 Å². The predicted octanol–water partition coefficient (Wildman–Crippen LogP) is 14.8. The molecule has 0 saturated carbocycles. The van der Waals surface area contributed by atoms with Crippen LogP contribution in [0.25, 0.3) is 55.6 Å². The molecule has 0 amide bonds. The highest BCUT2D eigenvalue weighted by Gasteiger charge is 2.37. The zero-order chi connectivity index (χ0) is 37.3. The molecule has 0 radical (unpaired) electrons.